The summed E-state index contributed by atoms with van der Waals surface area (Å²) in [5, 5.41) is 77.3. The molecular formula is C120H136O24. The van der Waals surface area contributed by atoms with Crippen LogP contribution in [0.15, 0.2) is 146 Å². The predicted molar refractivity (Wildman–Crippen MR) is 531 cm³/mol. The molecule has 0 spiro atoms. The van der Waals surface area contributed by atoms with Crippen molar-refractivity contribution in [3.8, 4) is 34.5 Å². The van der Waals surface area contributed by atoms with Crippen LogP contribution in [0.3, 0.4) is 0 Å². The van der Waals surface area contributed by atoms with Crippen LogP contribution in [-0.2, 0) is 70.3 Å². The molecule has 24 heteroatoms. The first kappa shape index (κ1) is 98.3. The number of phenolic OH excluding ortho intramolecular Hbond substituents is 4. The van der Waals surface area contributed by atoms with E-state index in [2.05, 4.69) is 55.4 Å². The number of aliphatic hydroxyl groups is 2. The summed E-state index contributed by atoms with van der Waals surface area (Å²) >= 11 is 0. The molecule has 12 atom stereocenters. The van der Waals surface area contributed by atoms with Crippen LogP contribution in [0.2, 0.25) is 0 Å². The molecule has 0 radical (unpaired) electrons. The van der Waals surface area contributed by atoms with Crippen LogP contribution in [0.4, 0.5) is 0 Å². The van der Waals surface area contributed by atoms with Crippen LogP contribution in [0.1, 0.15) is 352 Å². The number of aromatic hydroxyl groups is 4. The van der Waals surface area contributed by atoms with E-state index >= 15 is 0 Å². The van der Waals surface area contributed by atoms with Gasteiger partial charge in [0.05, 0.1) is 49.7 Å². The summed E-state index contributed by atoms with van der Waals surface area (Å²) in [7, 11) is 2.82. The Bertz CT molecular complexity index is 5560. The van der Waals surface area contributed by atoms with Gasteiger partial charge < -0.3 is 78.0 Å². The zero-order valence-corrected chi connectivity index (χ0v) is 84.3. The van der Waals surface area contributed by atoms with Crippen LogP contribution in [-0.4, -0.2) is 141 Å². The number of esters is 8. The van der Waals surface area contributed by atoms with Gasteiger partial charge in [0.15, 0.2) is 26.4 Å². The molecule has 760 valence electrons. The SMILES string of the molecule is CCC1(OC(=O)COC(=O)c2ccc(C3c4cc(c(OC)cc4O)C(c4ccc(C(=O)OCC(=O)OC5(CC)C6CC7CC5CC(C)(C7)C6)cc4)c4cc(c(OC)cc4O)C(c4ccc(C(=O)OCC(=O)OC5(CC)C6CC7CC5CC(C)(C7)C6)cc4)c4cc(c(CO)cc4O)C(c4ccc(C(=O)OCC(=O)OC5(CC)C6CC7CC5CC(C)(C7)C6)cc4)c4cc3c(CO)cc4O)cc2)C2CC3CC1CC(C)(C3)C2. The van der Waals surface area contributed by atoms with E-state index in [1.807, 2.05) is 0 Å². The first-order chi connectivity index (χ1) is 69.0. The molecule has 12 unspecified atom stereocenters. The Morgan fingerprint density at radius 1 is 0.278 bits per heavy atom. The Labute approximate surface area is 841 Å². The molecule has 144 heavy (non-hydrogen) atoms. The second-order valence-electron chi connectivity index (χ2n) is 47.1. The number of hydrogen-bond donors (Lipinski definition) is 6. The van der Waals surface area contributed by atoms with Gasteiger partial charge in [-0.2, -0.15) is 0 Å². The average molecular weight is 1960 g/mol. The zero-order chi connectivity index (χ0) is 101. The highest BCUT2D eigenvalue weighted by Gasteiger charge is 2.67. The van der Waals surface area contributed by atoms with E-state index < -0.39 is 139 Å². The lowest BCUT2D eigenvalue weighted by Gasteiger charge is -2.63. The molecule has 16 fully saturated rings. The highest BCUT2D eigenvalue weighted by atomic mass is 16.6. The van der Waals surface area contributed by atoms with E-state index in [0.29, 0.717) is 71.6 Å². The van der Waals surface area contributed by atoms with Gasteiger partial charge in [0.2, 0.25) is 0 Å². The van der Waals surface area contributed by atoms with Gasteiger partial charge in [-0.15, -0.1) is 0 Å². The van der Waals surface area contributed by atoms with Crippen molar-refractivity contribution in [1.29, 1.82) is 0 Å². The fourth-order valence-electron chi connectivity index (χ4n) is 33.3. The fraction of sp³-hybridized carbons (Fsp3) is 0.533. The topological polar surface area (TPSA) is 350 Å². The van der Waals surface area contributed by atoms with Crippen molar-refractivity contribution in [3.63, 3.8) is 0 Å². The van der Waals surface area contributed by atoms with E-state index in [9.17, 15) is 69.0 Å². The minimum Gasteiger partial charge on any atom is -0.508 e. The number of aliphatic hydroxyl groups excluding tert-OH is 2. The maximum Gasteiger partial charge on any atom is 0.344 e. The highest BCUT2D eigenvalue weighted by molar-refractivity contribution is 5.93. The first-order valence-electron chi connectivity index (χ1n) is 52.7. The number of ether oxygens (including phenoxy) is 10. The van der Waals surface area contributed by atoms with Gasteiger partial charge in [-0.05, 0) is 376 Å². The van der Waals surface area contributed by atoms with Gasteiger partial charge >= 0.3 is 47.8 Å². The van der Waals surface area contributed by atoms with Crippen molar-refractivity contribution in [2.45, 2.75) is 269 Å². The van der Waals surface area contributed by atoms with E-state index in [0.717, 1.165) is 103 Å². The van der Waals surface area contributed by atoms with Crippen molar-refractivity contribution in [3.05, 3.63) is 246 Å². The number of fused-ring (bicyclic) bond motifs is 8. The van der Waals surface area contributed by atoms with Gasteiger partial charge in [0.25, 0.3) is 0 Å². The standard InChI is InChI=1S/C120H136O24/c1-11-117(79-31-65-32-80(117)52-113(5,47-65)51-79)141-101(127)61-137-109(131)73-23-15-69(16-24-73)105-88-42-90(96(124)40-78(88)60-122)107(71-19-27-75(28-20-71)111(133)139-63-103(129)143-119(13-3)83-35-67-36-84(119)56-115(7,49-67)55-83)94-44-92(98(126)46-100(94)136-10)108(72-21-29-76(30-22-72)112(134)140-64-104(130)144-120(14-4)85-37-68-38-86(120)58-116(8,50-68)57-85)93-43-91(97(125)45-99(93)135-9)106(87-41-89(105)95(123)39-77(87)59-121)70-17-25-74(26-18-70)110(132)138-62-102(128)142-118(12-2)81-33-66-34-82(118)54-114(6,48-66)53-81/h15-30,39-46,65-68,79-86,105-108,121-126H,11-14,31-38,47-64H2,1-10H3. The van der Waals surface area contributed by atoms with Gasteiger partial charge in [-0.1, -0.05) is 104 Å². The van der Waals surface area contributed by atoms with Crippen molar-refractivity contribution < 1.29 is 116 Å². The number of rotatable bonds is 28. The summed E-state index contributed by atoms with van der Waals surface area (Å²) in [4.78, 5) is 115. The van der Waals surface area contributed by atoms with E-state index in [1.165, 1.54) is 113 Å². The minimum absolute atomic E-state index is 0.0357. The van der Waals surface area contributed by atoms with Crippen molar-refractivity contribution in [1.82, 2.24) is 0 Å². The molecule has 24 nitrogen and oxygen atoms in total. The Kier molecular flexibility index (Phi) is 25.5. The molecule has 8 aromatic rings. The second-order valence-corrected chi connectivity index (χ2v) is 47.1. The Morgan fingerprint density at radius 2 is 0.479 bits per heavy atom. The molecule has 8 aromatic carbocycles. The first-order valence-corrected chi connectivity index (χ1v) is 52.7. The van der Waals surface area contributed by atoms with Crippen molar-refractivity contribution in [2.24, 2.45) is 92.7 Å². The third kappa shape index (κ3) is 17.1. The summed E-state index contributed by atoms with van der Waals surface area (Å²) < 4.78 is 62.2. The van der Waals surface area contributed by atoms with Crippen molar-refractivity contribution >= 4 is 47.8 Å². The van der Waals surface area contributed by atoms with Crippen molar-refractivity contribution in [2.75, 3.05) is 40.6 Å². The minimum atomic E-state index is -1.26. The number of carbonyl (C=O) groups excluding carboxylic acids is 8. The summed E-state index contributed by atoms with van der Waals surface area (Å²) in [6.07, 6.45) is 22.8. The number of phenols is 4. The van der Waals surface area contributed by atoms with Crippen LogP contribution in [0.5, 0.6) is 34.5 Å². The number of hydrogen-bond acceptors (Lipinski definition) is 24. The molecular weight excluding hydrogens is 1830 g/mol. The molecule has 17 aliphatic carbocycles. The summed E-state index contributed by atoms with van der Waals surface area (Å²) in [6, 6.07) is 37.7. The third-order valence-corrected chi connectivity index (χ3v) is 38.3. The highest BCUT2D eigenvalue weighted by Crippen LogP contribution is 2.71. The lowest BCUT2D eigenvalue weighted by molar-refractivity contribution is -0.226. The molecule has 0 aromatic heterocycles. The van der Waals surface area contributed by atoms with Gasteiger partial charge in [-0.3, -0.25) is 0 Å². The number of methoxy groups -OCH3 is 2. The number of benzene rings is 8. The molecule has 0 saturated heterocycles. The van der Waals surface area contributed by atoms with Crippen LogP contribution >= 0.6 is 0 Å². The van der Waals surface area contributed by atoms with Crippen LogP contribution in [0.25, 0.3) is 0 Å². The van der Waals surface area contributed by atoms with E-state index in [-0.39, 0.29) is 176 Å². The monoisotopic (exact) mass is 1960 g/mol. The molecule has 0 heterocycles. The lowest BCUT2D eigenvalue weighted by atomic mass is 9.44. The fourth-order valence-corrected chi connectivity index (χ4v) is 33.3. The third-order valence-electron chi connectivity index (χ3n) is 38.3. The lowest BCUT2D eigenvalue weighted by Crippen LogP contribution is -2.62. The van der Waals surface area contributed by atoms with Crippen LogP contribution in [0, 0.1) is 92.7 Å². The second kappa shape index (κ2) is 37.3. The van der Waals surface area contributed by atoms with Gasteiger partial charge in [0.1, 0.15) is 56.9 Å². The summed E-state index contributed by atoms with van der Waals surface area (Å²) in [5.41, 5.74) is 1.64. The molecule has 25 rings (SSSR count). The Balaban J connectivity index is 0.684. The molecule has 17 aliphatic rings. The van der Waals surface area contributed by atoms with Gasteiger partial charge in [-0.25, -0.2) is 38.4 Å². The predicted octanol–water partition coefficient (Wildman–Crippen LogP) is 21.3. The normalized spacial score (nSPS) is 33.1. The largest absolute Gasteiger partial charge is 0.508 e. The molecule has 16 saturated carbocycles. The van der Waals surface area contributed by atoms with Gasteiger partial charge in [0, 0.05) is 69.2 Å². The smallest absolute Gasteiger partial charge is 0.344 e. The average Bonchev–Trinajstić information content (AvgIpc) is 0.717. The van der Waals surface area contributed by atoms with Crippen LogP contribution < -0.4 is 9.47 Å². The summed E-state index contributed by atoms with van der Waals surface area (Å²) in [5.74, 6) is -8.35. The van der Waals surface area contributed by atoms with E-state index in [4.69, 9.17) is 47.4 Å². The number of carbonyl (C=O) groups is 8. The Morgan fingerprint density at radius 3 is 0.674 bits per heavy atom. The maximum atomic E-state index is 14.6. The summed E-state index contributed by atoms with van der Waals surface area (Å²) in [6.45, 7) is 13.5. The molecule has 0 amide bonds. The Hall–Kier alpha value is -11.8. The zero-order valence-electron chi connectivity index (χ0n) is 84.3. The quantitative estimate of drug-likeness (QED) is 0.0196. The molecule has 0 aliphatic heterocycles. The molecule has 6 N–H and O–H groups in total. The van der Waals surface area contributed by atoms with E-state index in [1.54, 1.807) is 72.8 Å². The maximum absolute atomic E-state index is 14.6. The molecule has 24 bridgehead atoms.